The highest BCUT2D eigenvalue weighted by Gasteiger charge is 2.12. The molecule has 2 unspecified atom stereocenters. The number of nitrogens with zero attached hydrogens (tertiary/aromatic N) is 1. The molecule has 0 saturated carbocycles. The number of benzene rings is 1. The average molecular weight is 278 g/mol. The monoisotopic (exact) mass is 278 g/mol. The molecule has 0 spiro atoms. The maximum absolute atomic E-state index is 9.86. The van der Waals surface area contributed by atoms with Crippen molar-refractivity contribution in [2.75, 3.05) is 19.6 Å². The molecule has 2 N–H and O–H groups in total. The Hall–Kier alpha value is -1.06. The maximum atomic E-state index is 9.86. The quantitative estimate of drug-likeness (QED) is 0.725. The molecule has 1 aromatic carbocycles. The number of nitrogens with one attached hydrogen (secondary N) is 1. The second-order valence-electron chi connectivity index (χ2n) is 5.52. The molecular formula is C17H30N2O. The highest BCUT2D eigenvalue weighted by atomic mass is 16.3. The van der Waals surface area contributed by atoms with Crippen molar-refractivity contribution in [2.45, 2.75) is 52.6 Å². The van der Waals surface area contributed by atoms with Crippen LogP contribution in [0.15, 0.2) is 24.3 Å². The van der Waals surface area contributed by atoms with Gasteiger partial charge in [-0.25, -0.2) is 0 Å². The summed E-state index contributed by atoms with van der Waals surface area (Å²) in [5.74, 6) is 0.378. The molecule has 0 bridgehead atoms. The normalized spacial score (nSPS) is 14.4. The van der Waals surface area contributed by atoms with Crippen molar-refractivity contribution >= 4 is 0 Å². The predicted octanol–water partition coefficient (Wildman–Crippen LogP) is 3.55. The molecule has 1 aromatic rings. The molecule has 0 radical (unpaired) electrons. The first-order valence-electron chi connectivity index (χ1n) is 7.84. The van der Waals surface area contributed by atoms with Gasteiger partial charge in [0.1, 0.15) is 5.75 Å². The molecule has 2 atom stereocenters. The number of hydrogen-bond donors (Lipinski definition) is 2. The molecule has 0 amide bonds. The summed E-state index contributed by atoms with van der Waals surface area (Å²) >= 11 is 0. The van der Waals surface area contributed by atoms with E-state index in [-0.39, 0.29) is 6.04 Å². The van der Waals surface area contributed by atoms with Crippen LogP contribution in [0, 0.1) is 0 Å². The van der Waals surface area contributed by atoms with Crippen molar-refractivity contribution in [1.82, 2.24) is 10.2 Å². The minimum absolute atomic E-state index is 0.180. The third-order valence-electron chi connectivity index (χ3n) is 3.94. The molecule has 20 heavy (non-hydrogen) atoms. The molecule has 0 heterocycles. The van der Waals surface area contributed by atoms with Crippen molar-refractivity contribution in [2.24, 2.45) is 0 Å². The number of aromatic hydroxyl groups is 1. The van der Waals surface area contributed by atoms with Crippen molar-refractivity contribution in [3.05, 3.63) is 29.8 Å². The van der Waals surface area contributed by atoms with Crippen LogP contribution < -0.4 is 5.32 Å². The van der Waals surface area contributed by atoms with Crippen molar-refractivity contribution < 1.29 is 5.11 Å². The van der Waals surface area contributed by atoms with Crippen molar-refractivity contribution in [3.63, 3.8) is 0 Å². The van der Waals surface area contributed by atoms with Gasteiger partial charge in [0.2, 0.25) is 0 Å². The molecule has 1 rings (SSSR count). The van der Waals surface area contributed by atoms with Crippen LogP contribution in [0.3, 0.4) is 0 Å². The molecule has 0 aliphatic heterocycles. The van der Waals surface area contributed by atoms with Gasteiger partial charge in [-0.15, -0.1) is 0 Å². The van der Waals surface area contributed by atoms with E-state index in [2.05, 4.69) is 37.9 Å². The van der Waals surface area contributed by atoms with E-state index in [4.69, 9.17) is 0 Å². The molecule has 114 valence electrons. The fraction of sp³-hybridized carbons (Fsp3) is 0.647. The summed E-state index contributed by atoms with van der Waals surface area (Å²) < 4.78 is 0. The third-order valence-corrected chi connectivity index (χ3v) is 3.94. The Morgan fingerprint density at radius 1 is 1.15 bits per heavy atom. The Morgan fingerprint density at radius 3 is 2.40 bits per heavy atom. The van der Waals surface area contributed by atoms with Gasteiger partial charge in [-0.1, -0.05) is 32.0 Å². The van der Waals surface area contributed by atoms with Gasteiger partial charge in [0.15, 0.2) is 0 Å². The van der Waals surface area contributed by atoms with Gasteiger partial charge in [0.05, 0.1) is 0 Å². The van der Waals surface area contributed by atoms with E-state index in [1.54, 1.807) is 6.07 Å². The van der Waals surface area contributed by atoms with Gasteiger partial charge in [0, 0.05) is 17.6 Å². The van der Waals surface area contributed by atoms with E-state index in [1.807, 2.05) is 18.2 Å². The van der Waals surface area contributed by atoms with E-state index in [0.29, 0.717) is 11.8 Å². The smallest absolute Gasteiger partial charge is 0.120 e. The molecule has 0 aliphatic carbocycles. The van der Waals surface area contributed by atoms with Gasteiger partial charge in [-0.05, 0) is 52.4 Å². The first-order valence-corrected chi connectivity index (χ1v) is 7.84. The summed E-state index contributed by atoms with van der Waals surface area (Å²) in [5, 5.41) is 13.4. The Balaban J connectivity index is 2.35. The molecule has 0 fully saturated rings. The highest BCUT2D eigenvalue weighted by Crippen LogP contribution is 2.23. The summed E-state index contributed by atoms with van der Waals surface area (Å²) in [6, 6.07) is 8.20. The molecular weight excluding hydrogens is 248 g/mol. The lowest BCUT2D eigenvalue weighted by molar-refractivity contribution is 0.288. The standard InChI is InChI=1S/C17H30N2O/c1-5-19(6-2)13-9-10-14(3)18-15(4)16-11-7-8-12-17(16)20/h7-8,11-12,14-15,18,20H,5-6,9-10,13H2,1-4H3. The Bertz CT molecular complexity index is 377. The van der Waals surface area contributed by atoms with Crippen LogP contribution in [-0.2, 0) is 0 Å². The Morgan fingerprint density at radius 2 is 1.80 bits per heavy atom. The summed E-state index contributed by atoms with van der Waals surface area (Å²) in [7, 11) is 0. The lowest BCUT2D eigenvalue weighted by Gasteiger charge is -2.23. The second kappa shape index (κ2) is 8.98. The first kappa shape index (κ1) is 17.0. The second-order valence-corrected chi connectivity index (χ2v) is 5.52. The van der Waals surface area contributed by atoms with E-state index in [9.17, 15) is 5.11 Å². The first-order chi connectivity index (χ1) is 9.58. The number of para-hydroxylation sites is 1. The molecule has 0 aliphatic rings. The number of hydrogen-bond acceptors (Lipinski definition) is 3. The molecule has 3 nitrogen and oxygen atoms in total. The topological polar surface area (TPSA) is 35.5 Å². The third kappa shape index (κ3) is 5.51. The lowest BCUT2D eigenvalue weighted by atomic mass is 10.1. The van der Waals surface area contributed by atoms with Crippen LogP contribution in [0.5, 0.6) is 5.75 Å². The van der Waals surface area contributed by atoms with Crippen LogP contribution in [0.2, 0.25) is 0 Å². The van der Waals surface area contributed by atoms with Crippen molar-refractivity contribution in [3.8, 4) is 5.75 Å². The summed E-state index contributed by atoms with van der Waals surface area (Å²) in [6.07, 6.45) is 2.37. The SMILES string of the molecule is CCN(CC)CCCC(C)NC(C)c1ccccc1O. The minimum Gasteiger partial charge on any atom is -0.508 e. The zero-order valence-electron chi connectivity index (χ0n) is 13.4. The highest BCUT2D eigenvalue weighted by molar-refractivity contribution is 5.34. The Kier molecular flexibility index (Phi) is 7.63. The van der Waals surface area contributed by atoms with Crippen molar-refractivity contribution in [1.29, 1.82) is 0 Å². The summed E-state index contributed by atoms with van der Waals surface area (Å²) in [6.45, 7) is 12.2. The van der Waals surface area contributed by atoms with E-state index < -0.39 is 0 Å². The fourth-order valence-electron chi connectivity index (χ4n) is 2.61. The van der Waals surface area contributed by atoms with E-state index >= 15 is 0 Å². The fourth-order valence-corrected chi connectivity index (χ4v) is 2.61. The Labute approximate surface area is 124 Å². The predicted molar refractivity (Wildman–Crippen MR) is 86.1 cm³/mol. The number of phenols is 1. The van der Waals surface area contributed by atoms with Gasteiger partial charge >= 0.3 is 0 Å². The van der Waals surface area contributed by atoms with E-state index in [1.165, 1.54) is 13.0 Å². The minimum atomic E-state index is 0.180. The van der Waals surface area contributed by atoms with Crippen LogP contribution in [0.1, 0.15) is 52.1 Å². The molecule has 0 aromatic heterocycles. The number of rotatable bonds is 9. The summed E-state index contributed by atoms with van der Waals surface area (Å²) in [4.78, 5) is 2.46. The summed E-state index contributed by atoms with van der Waals surface area (Å²) in [5.41, 5.74) is 0.975. The van der Waals surface area contributed by atoms with Gasteiger partial charge in [-0.3, -0.25) is 0 Å². The zero-order chi connectivity index (χ0) is 15.0. The van der Waals surface area contributed by atoms with Crippen LogP contribution in [-0.4, -0.2) is 35.7 Å². The largest absolute Gasteiger partial charge is 0.508 e. The lowest BCUT2D eigenvalue weighted by Crippen LogP contribution is -2.30. The molecule has 0 saturated heterocycles. The van der Waals surface area contributed by atoms with Crippen LogP contribution >= 0.6 is 0 Å². The van der Waals surface area contributed by atoms with E-state index in [0.717, 1.165) is 25.1 Å². The average Bonchev–Trinajstić information content (AvgIpc) is 2.44. The van der Waals surface area contributed by atoms with Crippen LogP contribution in [0.4, 0.5) is 0 Å². The van der Waals surface area contributed by atoms with Gasteiger partial charge in [-0.2, -0.15) is 0 Å². The zero-order valence-corrected chi connectivity index (χ0v) is 13.4. The molecule has 3 heteroatoms. The number of phenolic OH excluding ortho intramolecular Hbond substituents is 1. The van der Waals surface area contributed by atoms with Gasteiger partial charge < -0.3 is 15.3 Å². The van der Waals surface area contributed by atoms with Crippen LogP contribution in [0.25, 0.3) is 0 Å². The maximum Gasteiger partial charge on any atom is 0.120 e. The van der Waals surface area contributed by atoms with Gasteiger partial charge in [0.25, 0.3) is 0 Å².